The van der Waals surface area contributed by atoms with E-state index in [2.05, 4.69) is 33.2 Å². The Hall–Kier alpha value is -1.82. The second kappa shape index (κ2) is 7.17. The number of nitrogens with zero attached hydrogens (tertiary/aromatic N) is 3. The summed E-state index contributed by atoms with van der Waals surface area (Å²) in [5.74, 6) is 1.01. The first kappa shape index (κ1) is 17.5. The number of aryl methyl sites for hydroxylation is 1. The van der Waals surface area contributed by atoms with Crippen molar-refractivity contribution in [2.75, 3.05) is 38.1 Å². The Labute approximate surface area is 138 Å². The van der Waals surface area contributed by atoms with Crippen LogP contribution in [0.25, 0.3) is 0 Å². The van der Waals surface area contributed by atoms with Crippen LogP contribution in [0, 0.1) is 6.92 Å². The molecular weight excluding hydrogens is 292 g/mol. The van der Waals surface area contributed by atoms with Crippen LogP contribution in [0.3, 0.4) is 0 Å². The van der Waals surface area contributed by atoms with Crippen LogP contribution in [0.5, 0.6) is 0 Å². The van der Waals surface area contributed by atoms with Crippen LogP contribution in [-0.4, -0.2) is 54.8 Å². The smallest absolute Gasteiger partial charge is 0.407 e. The fourth-order valence-electron chi connectivity index (χ4n) is 2.44. The molecule has 0 saturated carbocycles. The minimum absolute atomic E-state index is 0.403. The van der Waals surface area contributed by atoms with Crippen LogP contribution in [-0.2, 0) is 11.3 Å². The van der Waals surface area contributed by atoms with Gasteiger partial charge < -0.3 is 19.9 Å². The van der Waals surface area contributed by atoms with Gasteiger partial charge in [0.15, 0.2) is 0 Å². The summed E-state index contributed by atoms with van der Waals surface area (Å²) in [5.41, 5.74) is 1.65. The van der Waals surface area contributed by atoms with Gasteiger partial charge in [0, 0.05) is 38.9 Å². The molecule has 1 saturated heterocycles. The summed E-state index contributed by atoms with van der Waals surface area (Å²) in [4.78, 5) is 20.9. The summed E-state index contributed by atoms with van der Waals surface area (Å²) in [6.07, 6.45) is 1.44. The van der Waals surface area contributed by atoms with E-state index >= 15 is 0 Å². The number of carbonyl (C=O) groups excluding carboxylic acids is 1. The molecule has 0 spiro atoms. The van der Waals surface area contributed by atoms with Gasteiger partial charge >= 0.3 is 6.09 Å². The summed E-state index contributed by atoms with van der Waals surface area (Å²) >= 11 is 0. The monoisotopic (exact) mass is 320 g/mol. The Balaban J connectivity index is 1.93. The minimum atomic E-state index is -0.483. The third-order valence-electron chi connectivity index (χ3n) is 3.85. The molecule has 0 radical (unpaired) electrons. The zero-order chi connectivity index (χ0) is 17.0. The van der Waals surface area contributed by atoms with Gasteiger partial charge in [-0.3, -0.25) is 0 Å². The second-order valence-electron chi connectivity index (χ2n) is 7.11. The van der Waals surface area contributed by atoms with Crippen molar-refractivity contribution < 1.29 is 9.53 Å². The zero-order valence-electron chi connectivity index (χ0n) is 14.8. The minimum Gasteiger partial charge on any atom is -0.444 e. The lowest BCUT2D eigenvalue weighted by atomic mass is 10.1. The highest BCUT2D eigenvalue weighted by molar-refractivity contribution is 5.67. The number of alkyl carbamates (subject to hydrolysis) is 1. The van der Waals surface area contributed by atoms with Crippen molar-refractivity contribution >= 4 is 11.9 Å². The maximum atomic E-state index is 11.7. The summed E-state index contributed by atoms with van der Waals surface area (Å²) < 4.78 is 5.24. The standard InChI is InChI=1S/C17H28N4O2/c1-13-10-15(21-8-6-20(5)7-9-21)18-11-14(13)12-19-16(22)23-17(2,3)4/h10-11H,6-9,12H2,1-5H3,(H,19,22). The molecule has 0 aliphatic carbocycles. The number of ether oxygens (including phenoxy) is 1. The van der Waals surface area contributed by atoms with Crippen molar-refractivity contribution in [3.8, 4) is 0 Å². The van der Waals surface area contributed by atoms with E-state index in [1.165, 1.54) is 0 Å². The second-order valence-corrected chi connectivity index (χ2v) is 7.11. The average molecular weight is 320 g/mol. The van der Waals surface area contributed by atoms with Crippen molar-refractivity contribution in [1.29, 1.82) is 0 Å². The highest BCUT2D eigenvalue weighted by Gasteiger charge is 2.17. The van der Waals surface area contributed by atoms with Gasteiger partial charge in [-0.25, -0.2) is 9.78 Å². The fraction of sp³-hybridized carbons (Fsp3) is 0.647. The molecule has 6 nitrogen and oxygen atoms in total. The number of hydrogen-bond donors (Lipinski definition) is 1. The summed E-state index contributed by atoms with van der Waals surface area (Å²) in [6, 6.07) is 2.09. The molecule has 0 unspecified atom stereocenters. The van der Waals surface area contributed by atoms with Crippen LogP contribution in [0.1, 0.15) is 31.9 Å². The lowest BCUT2D eigenvalue weighted by Crippen LogP contribution is -2.44. The van der Waals surface area contributed by atoms with Crippen molar-refractivity contribution in [2.24, 2.45) is 0 Å². The molecule has 1 aromatic rings. The van der Waals surface area contributed by atoms with Gasteiger partial charge in [0.2, 0.25) is 0 Å². The Kier molecular flexibility index (Phi) is 5.46. The highest BCUT2D eigenvalue weighted by Crippen LogP contribution is 2.17. The predicted octanol–water partition coefficient (Wildman–Crippen LogP) is 2.17. The van der Waals surface area contributed by atoms with Gasteiger partial charge in [0.05, 0.1) is 0 Å². The van der Waals surface area contributed by atoms with Crippen molar-refractivity contribution in [1.82, 2.24) is 15.2 Å². The molecule has 1 N–H and O–H groups in total. The lowest BCUT2D eigenvalue weighted by Gasteiger charge is -2.33. The van der Waals surface area contributed by atoms with E-state index in [0.717, 1.165) is 43.1 Å². The topological polar surface area (TPSA) is 57.7 Å². The molecule has 0 aromatic carbocycles. The van der Waals surface area contributed by atoms with E-state index < -0.39 is 11.7 Å². The normalized spacial score (nSPS) is 16.3. The Bertz CT molecular complexity index is 546. The quantitative estimate of drug-likeness (QED) is 0.925. The largest absolute Gasteiger partial charge is 0.444 e. The third kappa shape index (κ3) is 5.39. The summed E-state index contributed by atoms with van der Waals surface area (Å²) in [5, 5.41) is 2.78. The zero-order valence-corrected chi connectivity index (χ0v) is 14.8. The first-order valence-electron chi connectivity index (χ1n) is 8.10. The van der Waals surface area contributed by atoms with Gasteiger partial charge in [-0.2, -0.15) is 0 Å². The van der Waals surface area contributed by atoms with Crippen molar-refractivity contribution in [3.05, 3.63) is 23.4 Å². The maximum absolute atomic E-state index is 11.7. The van der Waals surface area contributed by atoms with E-state index in [9.17, 15) is 4.79 Å². The molecule has 0 atom stereocenters. The molecule has 1 aromatic heterocycles. The average Bonchev–Trinajstić information content (AvgIpc) is 2.45. The van der Waals surface area contributed by atoms with Gasteiger partial charge in [-0.15, -0.1) is 0 Å². The number of carbonyl (C=O) groups is 1. The number of amides is 1. The number of anilines is 1. The van der Waals surface area contributed by atoms with Gasteiger partial charge in [-0.05, 0) is 51.9 Å². The summed E-state index contributed by atoms with van der Waals surface area (Å²) in [7, 11) is 2.14. The van der Waals surface area contributed by atoms with E-state index in [1.807, 2.05) is 33.9 Å². The van der Waals surface area contributed by atoms with Gasteiger partial charge in [0.25, 0.3) is 0 Å². The molecule has 128 valence electrons. The molecule has 1 fully saturated rings. The molecular formula is C17H28N4O2. The Morgan fingerprint density at radius 3 is 2.52 bits per heavy atom. The Morgan fingerprint density at radius 2 is 1.96 bits per heavy atom. The number of rotatable bonds is 3. The molecule has 23 heavy (non-hydrogen) atoms. The third-order valence-corrected chi connectivity index (χ3v) is 3.85. The number of pyridine rings is 1. The number of piperazine rings is 1. The molecule has 6 heteroatoms. The number of nitrogens with one attached hydrogen (secondary N) is 1. The summed E-state index contributed by atoms with van der Waals surface area (Å²) in [6.45, 7) is 12.1. The highest BCUT2D eigenvalue weighted by atomic mass is 16.6. The van der Waals surface area contributed by atoms with Crippen LogP contribution in [0.15, 0.2) is 12.3 Å². The lowest BCUT2D eigenvalue weighted by molar-refractivity contribution is 0.0523. The van der Waals surface area contributed by atoms with E-state index in [-0.39, 0.29) is 0 Å². The SMILES string of the molecule is Cc1cc(N2CCN(C)CC2)ncc1CNC(=O)OC(C)(C)C. The van der Waals surface area contributed by atoms with E-state index in [1.54, 1.807) is 0 Å². The van der Waals surface area contributed by atoms with E-state index in [4.69, 9.17) is 4.74 Å². The molecule has 2 heterocycles. The first-order chi connectivity index (χ1) is 10.7. The fourth-order valence-corrected chi connectivity index (χ4v) is 2.44. The van der Waals surface area contributed by atoms with Crippen LogP contribution >= 0.6 is 0 Å². The van der Waals surface area contributed by atoms with Crippen molar-refractivity contribution in [2.45, 2.75) is 39.8 Å². The molecule has 1 amide bonds. The number of hydrogen-bond acceptors (Lipinski definition) is 5. The van der Waals surface area contributed by atoms with Gasteiger partial charge in [0.1, 0.15) is 11.4 Å². The molecule has 0 bridgehead atoms. The van der Waals surface area contributed by atoms with Crippen LogP contribution < -0.4 is 10.2 Å². The molecule has 2 rings (SSSR count). The molecule has 1 aliphatic rings. The predicted molar refractivity (Wildman–Crippen MR) is 91.8 cm³/mol. The molecule has 1 aliphatic heterocycles. The first-order valence-corrected chi connectivity index (χ1v) is 8.10. The Morgan fingerprint density at radius 1 is 1.30 bits per heavy atom. The van der Waals surface area contributed by atoms with Crippen LogP contribution in [0.2, 0.25) is 0 Å². The number of aromatic nitrogens is 1. The van der Waals surface area contributed by atoms with Crippen molar-refractivity contribution in [3.63, 3.8) is 0 Å². The van der Waals surface area contributed by atoms with E-state index in [0.29, 0.717) is 6.54 Å². The van der Waals surface area contributed by atoms with Gasteiger partial charge in [-0.1, -0.05) is 0 Å². The van der Waals surface area contributed by atoms with Crippen LogP contribution in [0.4, 0.5) is 10.6 Å². The maximum Gasteiger partial charge on any atom is 0.407 e. The number of likely N-dealkylation sites (N-methyl/N-ethyl adjacent to an activating group) is 1.